The summed E-state index contributed by atoms with van der Waals surface area (Å²) in [7, 11) is 0. The maximum absolute atomic E-state index is 13.3. The van der Waals surface area contributed by atoms with Crippen LogP contribution in [0.5, 0.6) is 0 Å². The number of carbonyl (C=O) groups excluding carboxylic acids is 1. The Hall–Kier alpha value is -1.88. The Labute approximate surface area is 154 Å². The summed E-state index contributed by atoms with van der Waals surface area (Å²) in [6, 6.07) is 4.91. The Kier molecular flexibility index (Phi) is 5.11. The number of benzene rings is 1. The molecule has 1 aliphatic heterocycles. The third kappa shape index (κ3) is 3.37. The van der Waals surface area contributed by atoms with Crippen LogP contribution in [-0.2, 0) is 4.79 Å². The third-order valence-corrected chi connectivity index (χ3v) is 6.06. The van der Waals surface area contributed by atoms with E-state index < -0.39 is 5.60 Å². The van der Waals surface area contributed by atoms with Crippen molar-refractivity contribution in [2.75, 3.05) is 6.54 Å². The summed E-state index contributed by atoms with van der Waals surface area (Å²) in [5.41, 5.74) is 1.27. The van der Waals surface area contributed by atoms with Crippen LogP contribution in [0.15, 0.2) is 24.4 Å². The Morgan fingerprint density at radius 1 is 1.46 bits per heavy atom. The minimum absolute atomic E-state index is 0. The summed E-state index contributed by atoms with van der Waals surface area (Å²) in [6.07, 6.45) is 6.60. The number of amides is 1. The van der Waals surface area contributed by atoms with E-state index in [1.807, 2.05) is 18.0 Å². The topological polar surface area (TPSA) is 56.3 Å². The number of nitrogens with zero attached hydrogens (tertiary/aromatic N) is 1. The molecule has 2 fully saturated rings. The standard InChI is InChI=1S/C20H25FN2O2.CH4/c1-13(17-12-22-18-10-14(21)4-5-16(17)18)9-19(24)23-8-7-20(25)6-2-3-15(23)11-20;/h4-5,10,12-13,15,22,25H,2-3,6-9,11H2,1H3;1H4. The van der Waals surface area contributed by atoms with Crippen molar-refractivity contribution in [2.45, 2.75) is 70.4 Å². The van der Waals surface area contributed by atoms with Gasteiger partial charge >= 0.3 is 0 Å². The second-order valence-corrected chi connectivity index (χ2v) is 7.85. The highest BCUT2D eigenvalue weighted by Gasteiger charge is 2.42. The smallest absolute Gasteiger partial charge is 0.223 e. The highest BCUT2D eigenvalue weighted by molar-refractivity contribution is 5.85. The lowest BCUT2D eigenvalue weighted by Gasteiger charge is -2.48. The number of hydrogen-bond acceptors (Lipinski definition) is 2. The highest BCUT2D eigenvalue weighted by Crippen LogP contribution is 2.39. The van der Waals surface area contributed by atoms with Gasteiger partial charge in [-0.2, -0.15) is 0 Å². The van der Waals surface area contributed by atoms with Crippen molar-refractivity contribution in [3.05, 3.63) is 35.8 Å². The van der Waals surface area contributed by atoms with Crippen LogP contribution in [0, 0.1) is 5.82 Å². The lowest BCUT2D eigenvalue weighted by molar-refractivity contribution is -0.144. The normalized spacial score (nSPS) is 26.4. The number of hydrogen-bond donors (Lipinski definition) is 2. The molecule has 1 aromatic carbocycles. The van der Waals surface area contributed by atoms with E-state index in [-0.39, 0.29) is 31.1 Å². The van der Waals surface area contributed by atoms with Gasteiger partial charge in [-0.3, -0.25) is 4.79 Å². The van der Waals surface area contributed by atoms with E-state index in [1.165, 1.54) is 12.1 Å². The maximum Gasteiger partial charge on any atom is 0.223 e. The van der Waals surface area contributed by atoms with Crippen LogP contribution in [0.25, 0.3) is 10.9 Å². The molecule has 1 amide bonds. The molecule has 0 spiro atoms. The Balaban J connectivity index is 0.00000196. The SMILES string of the molecule is C.CC(CC(=O)N1CCC2(O)CCCC1C2)c1c[nH]c2cc(F)ccc12. The van der Waals surface area contributed by atoms with E-state index >= 15 is 0 Å². The van der Waals surface area contributed by atoms with Crippen LogP contribution in [-0.4, -0.2) is 39.1 Å². The molecular formula is C21H29FN2O2. The van der Waals surface area contributed by atoms with Crippen molar-refractivity contribution < 1.29 is 14.3 Å². The Bertz CT molecular complexity index is 802. The number of halogens is 1. The number of H-pyrrole nitrogens is 1. The van der Waals surface area contributed by atoms with Gasteiger partial charge in [0, 0.05) is 36.1 Å². The van der Waals surface area contributed by atoms with Gasteiger partial charge in [-0.15, -0.1) is 0 Å². The monoisotopic (exact) mass is 360 g/mol. The van der Waals surface area contributed by atoms with E-state index in [0.29, 0.717) is 19.4 Å². The number of nitrogens with one attached hydrogen (secondary N) is 1. The first-order chi connectivity index (χ1) is 12.0. The van der Waals surface area contributed by atoms with Crippen molar-refractivity contribution in [1.82, 2.24) is 9.88 Å². The van der Waals surface area contributed by atoms with Crippen molar-refractivity contribution in [3.8, 4) is 0 Å². The van der Waals surface area contributed by atoms with Crippen LogP contribution >= 0.6 is 0 Å². The number of aromatic nitrogens is 1. The largest absolute Gasteiger partial charge is 0.390 e. The first-order valence-corrected chi connectivity index (χ1v) is 9.24. The average molecular weight is 360 g/mol. The number of carbonyl (C=O) groups is 1. The second-order valence-electron chi connectivity index (χ2n) is 7.85. The molecule has 4 rings (SSSR count). The van der Waals surface area contributed by atoms with Crippen molar-refractivity contribution in [1.29, 1.82) is 0 Å². The first-order valence-electron chi connectivity index (χ1n) is 9.24. The van der Waals surface area contributed by atoms with E-state index in [4.69, 9.17) is 0 Å². The molecular weight excluding hydrogens is 331 g/mol. The molecule has 2 aromatic rings. The number of fused-ring (bicyclic) bond motifs is 3. The molecule has 2 aliphatic rings. The van der Waals surface area contributed by atoms with Crippen LogP contribution in [0.4, 0.5) is 4.39 Å². The Morgan fingerprint density at radius 3 is 3.08 bits per heavy atom. The van der Waals surface area contributed by atoms with Gasteiger partial charge in [0.2, 0.25) is 5.91 Å². The third-order valence-electron chi connectivity index (χ3n) is 6.06. The van der Waals surface area contributed by atoms with Gasteiger partial charge in [0.05, 0.1) is 5.60 Å². The molecule has 26 heavy (non-hydrogen) atoms. The summed E-state index contributed by atoms with van der Waals surface area (Å²) in [5, 5.41) is 11.5. The van der Waals surface area contributed by atoms with E-state index in [9.17, 15) is 14.3 Å². The van der Waals surface area contributed by atoms with Gasteiger partial charge < -0.3 is 15.0 Å². The quantitative estimate of drug-likeness (QED) is 0.855. The lowest BCUT2D eigenvalue weighted by Crippen LogP contribution is -2.55. The van der Waals surface area contributed by atoms with E-state index in [0.717, 1.165) is 42.1 Å². The fraction of sp³-hybridized carbons (Fsp3) is 0.571. The van der Waals surface area contributed by atoms with Crippen molar-refractivity contribution >= 4 is 16.8 Å². The predicted octanol–water partition coefficient (Wildman–Crippen LogP) is 4.34. The molecule has 1 aromatic heterocycles. The summed E-state index contributed by atoms with van der Waals surface area (Å²) in [4.78, 5) is 18.0. The fourth-order valence-corrected chi connectivity index (χ4v) is 4.66. The molecule has 142 valence electrons. The van der Waals surface area contributed by atoms with Gasteiger partial charge in [-0.1, -0.05) is 14.4 Å². The second kappa shape index (κ2) is 7.03. The minimum atomic E-state index is -0.549. The van der Waals surface area contributed by atoms with Gasteiger partial charge in [0.1, 0.15) is 5.82 Å². The molecule has 3 atom stereocenters. The molecule has 1 saturated carbocycles. The highest BCUT2D eigenvalue weighted by atomic mass is 19.1. The molecule has 2 bridgehead atoms. The molecule has 3 unspecified atom stereocenters. The zero-order valence-electron chi connectivity index (χ0n) is 14.6. The Morgan fingerprint density at radius 2 is 2.27 bits per heavy atom. The van der Waals surface area contributed by atoms with Crippen LogP contribution < -0.4 is 0 Å². The predicted molar refractivity (Wildman–Crippen MR) is 102 cm³/mol. The zero-order valence-corrected chi connectivity index (χ0v) is 14.6. The molecule has 1 aliphatic carbocycles. The molecule has 2 heterocycles. The van der Waals surface area contributed by atoms with Crippen LogP contribution in [0.3, 0.4) is 0 Å². The molecule has 2 N–H and O–H groups in total. The van der Waals surface area contributed by atoms with Gasteiger partial charge in [0.25, 0.3) is 0 Å². The van der Waals surface area contributed by atoms with E-state index in [2.05, 4.69) is 4.98 Å². The number of rotatable bonds is 3. The number of piperidine rings is 1. The summed E-state index contributed by atoms with van der Waals surface area (Å²) in [5.74, 6) is -0.0308. The molecule has 0 radical (unpaired) electrons. The summed E-state index contributed by atoms with van der Waals surface area (Å²) >= 11 is 0. The number of aromatic amines is 1. The van der Waals surface area contributed by atoms with Crippen LogP contribution in [0.1, 0.15) is 64.4 Å². The molecule has 1 saturated heterocycles. The zero-order chi connectivity index (χ0) is 17.6. The first kappa shape index (κ1) is 18.9. The lowest BCUT2D eigenvalue weighted by atomic mass is 9.76. The van der Waals surface area contributed by atoms with E-state index in [1.54, 1.807) is 6.07 Å². The molecule has 5 heteroatoms. The van der Waals surface area contributed by atoms with Crippen LogP contribution in [0.2, 0.25) is 0 Å². The number of aliphatic hydroxyl groups is 1. The fourth-order valence-electron chi connectivity index (χ4n) is 4.66. The average Bonchev–Trinajstić information content (AvgIpc) is 2.97. The van der Waals surface area contributed by atoms with Gasteiger partial charge in [-0.25, -0.2) is 4.39 Å². The molecule has 4 nitrogen and oxygen atoms in total. The van der Waals surface area contributed by atoms with Gasteiger partial charge in [0.15, 0.2) is 0 Å². The van der Waals surface area contributed by atoms with Gasteiger partial charge in [-0.05, 0) is 61.8 Å². The summed E-state index contributed by atoms with van der Waals surface area (Å²) in [6.45, 7) is 2.71. The summed E-state index contributed by atoms with van der Waals surface area (Å²) < 4.78 is 13.3. The maximum atomic E-state index is 13.3. The van der Waals surface area contributed by atoms with Crippen molar-refractivity contribution in [2.24, 2.45) is 0 Å². The number of likely N-dealkylation sites (tertiary alicyclic amines) is 1. The van der Waals surface area contributed by atoms with Crippen molar-refractivity contribution in [3.63, 3.8) is 0 Å². The minimum Gasteiger partial charge on any atom is -0.390 e.